The lowest BCUT2D eigenvalue weighted by Crippen LogP contribution is -2.06. The number of imidazole rings is 1. The van der Waals surface area contributed by atoms with Gasteiger partial charge in [-0.2, -0.15) is 0 Å². The third-order valence-corrected chi connectivity index (χ3v) is 3.35. The van der Waals surface area contributed by atoms with Crippen molar-refractivity contribution in [3.63, 3.8) is 0 Å². The second-order valence-corrected chi connectivity index (χ2v) is 5.28. The second-order valence-electron chi connectivity index (χ2n) is 4.62. The summed E-state index contributed by atoms with van der Waals surface area (Å²) in [6, 6.07) is 7.38. The zero-order valence-corrected chi connectivity index (χ0v) is 11.7. The minimum atomic E-state index is -0.767. The van der Waals surface area contributed by atoms with Gasteiger partial charge in [0.05, 0.1) is 16.4 Å². The van der Waals surface area contributed by atoms with Crippen LogP contribution in [-0.2, 0) is 0 Å². The van der Waals surface area contributed by atoms with E-state index in [4.69, 9.17) is 11.6 Å². The van der Waals surface area contributed by atoms with E-state index in [1.807, 2.05) is 0 Å². The topological polar surface area (TPSA) is 17.8 Å². The molecule has 0 aliphatic rings. The van der Waals surface area contributed by atoms with E-state index in [1.165, 1.54) is 28.8 Å². The van der Waals surface area contributed by atoms with Crippen molar-refractivity contribution in [3.8, 4) is 5.69 Å². The number of nitrogens with zero attached hydrogens (tertiary/aromatic N) is 2. The molecule has 0 aliphatic carbocycles. The van der Waals surface area contributed by atoms with Crippen LogP contribution < -0.4 is 0 Å². The fourth-order valence-corrected chi connectivity index (χ4v) is 2.42. The highest BCUT2D eigenvalue weighted by atomic mass is 35.5. The van der Waals surface area contributed by atoms with Crippen LogP contribution in [0, 0.1) is 17.5 Å². The summed E-state index contributed by atoms with van der Waals surface area (Å²) in [5.41, 5.74) is 0.371. The average Bonchev–Trinajstić information content (AvgIpc) is 2.78. The summed E-state index contributed by atoms with van der Waals surface area (Å²) in [5.74, 6) is -1.80. The summed E-state index contributed by atoms with van der Waals surface area (Å²) in [7, 11) is 0. The predicted octanol–water partition coefficient (Wildman–Crippen LogP) is 4.74. The van der Waals surface area contributed by atoms with E-state index in [2.05, 4.69) is 4.98 Å². The van der Waals surface area contributed by atoms with Gasteiger partial charge in [0.15, 0.2) is 0 Å². The van der Waals surface area contributed by atoms with Gasteiger partial charge in [-0.3, -0.25) is 4.57 Å². The summed E-state index contributed by atoms with van der Waals surface area (Å²) in [4.78, 5) is 4.24. The van der Waals surface area contributed by atoms with E-state index >= 15 is 0 Å². The van der Waals surface area contributed by atoms with Crippen molar-refractivity contribution < 1.29 is 13.2 Å². The molecule has 0 bridgehead atoms. The molecule has 0 radical (unpaired) electrons. The first-order valence-corrected chi connectivity index (χ1v) is 6.69. The number of hydrogen-bond acceptors (Lipinski definition) is 1. The molecule has 0 fully saturated rings. The van der Waals surface area contributed by atoms with E-state index in [9.17, 15) is 13.2 Å². The number of alkyl halides is 1. The van der Waals surface area contributed by atoms with Crippen molar-refractivity contribution in [2.75, 3.05) is 0 Å². The Kier molecular flexibility index (Phi) is 3.37. The van der Waals surface area contributed by atoms with Crippen LogP contribution in [0.2, 0.25) is 0 Å². The Balaban J connectivity index is 2.44. The molecular weight excluding hydrogens is 301 g/mol. The SMILES string of the molecule is CC(Cl)c1nc2ccc(F)cc2n1-c1c(F)cccc1F. The quantitative estimate of drug-likeness (QED) is 0.625. The second kappa shape index (κ2) is 5.07. The molecule has 0 saturated heterocycles. The van der Waals surface area contributed by atoms with Crippen molar-refractivity contribution in [1.82, 2.24) is 9.55 Å². The van der Waals surface area contributed by atoms with Crippen LogP contribution in [0.25, 0.3) is 16.7 Å². The maximum atomic E-state index is 14.1. The van der Waals surface area contributed by atoms with E-state index in [-0.39, 0.29) is 17.0 Å². The Morgan fingerprint density at radius 2 is 1.76 bits per heavy atom. The molecule has 6 heteroatoms. The highest BCUT2D eigenvalue weighted by Gasteiger charge is 2.21. The van der Waals surface area contributed by atoms with Crippen molar-refractivity contribution in [2.45, 2.75) is 12.3 Å². The third kappa shape index (κ3) is 2.27. The smallest absolute Gasteiger partial charge is 0.150 e. The Labute approximate surface area is 123 Å². The third-order valence-electron chi connectivity index (χ3n) is 3.16. The number of benzene rings is 2. The molecule has 0 saturated carbocycles. The van der Waals surface area contributed by atoms with E-state index in [1.54, 1.807) is 6.92 Å². The Morgan fingerprint density at radius 3 is 2.38 bits per heavy atom. The monoisotopic (exact) mass is 310 g/mol. The number of aromatic nitrogens is 2. The first-order chi connectivity index (χ1) is 9.99. The standard InChI is InChI=1S/C15H10ClF3N2/c1-8(16)15-20-12-6-5-9(17)7-13(12)21(15)14-10(18)3-2-4-11(14)19/h2-8H,1H3. The minimum absolute atomic E-state index is 0.251. The zero-order valence-electron chi connectivity index (χ0n) is 10.9. The summed E-state index contributed by atoms with van der Waals surface area (Å²) >= 11 is 6.05. The highest BCUT2D eigenvalue weighted by molar-refractivity contribution is 6.20. The van der Waals surface area contributed by atoms with Gasteiger partial charge in [-0.25, -0.2) is 18.2 Å². The van der Waals surface area contributed by atoms with Crippen molar-refractivity contribution in [3.05, 3.63) is 59.7 Å². The summed E-state index contributed by atoms with van der Waals surface area (Å²) in [6.45, 7) is 1.63. The largest absolute Gasteiger partial charge is 0.289 e. The van der Waals surface area contributed by atoms with Crippen LogP contribution in [0.1, 0.15) is 18.1 Å². The van der Waals surface area contributed by atoms with Crippen molar-refractivity contribution in [1.29, 1.82) is 0 Å². The van der Waals surface area contributed by atoms with Gasteiger partial charge in [0.1, 0.15) is 29.0 Å². The van der Waals surface area contributed by atoms with Gasteiger partial charge in [-0.1, -0.05) is 6.07 Å². The van der Waals surface area contributed by atoms with Crippen LogP contribution in [-0.4, -0.2) is 9.55 Å². The first-order valence-electron chi connectivity index (χ1n) is 6.25. The summed E-state index contributed by atoms with van der Waals surface area (Å²) in [6.07, 6.45) is 0. The lowest BCUT2D eigenvalue weighted by molar-refractivity contribution is 0.567. The average molecular weight is 311 g/mol. The van der Waals surface area contributed by atoms with Crippen molar-refractivity contribution in [2.24, 2.45) is 0 Å². The molecule has 3 aromatic rings. The molecule has 0 spiro atoms. The molecule has 21 heavy (non-hydrogen) atoms. The van der Waals surface area contributed by atoms with Gasteiger partial charge in [0, 0.05) is 6.07 Å². The van der Waals surface area contributed by atoms with Gasteiger partial charge >= 0.3 is 0 Å². The van der Waals surface area contributed by atoms with Crippen molar-refractivity contribution >= 4 is 22.6 Å². The van der Waals surface area contributed by atoms with Gasteiger partial charge < -0.3 is 0 Å². The molecule has 1 heterocycles. The summed E-state index contributed by atoms with van der Waals surface area (Å²) in [5, 5.41) is -0.598. The Morgan fingerprint density at radius 1 is 1.10 bits per heavy atom. The molecule has 0 aliphatic heterocycles. The lowest BCUT2D eigenvalue weighted by atomic mass is 10.2. The minimum Gasteiger partial charge on any atom is -0.289 e. The predicted molar refractivity (Wildman–Crippen MR) is 75.2 cm³/mol. The molecule has 108 valence electrons. The number of halogens is 4. The van der Waals surface area contributed by atoms with Gasteiger partial charge in [-0.15, -0.1) is 11.6 Å². The van der Waals surface area contributed by atoms with E-state index in [0.29, 0.717) is 5.52 Å². The number of hydrogen-bond donors (Lipinski definition) is 0. The van der Waals surface area contributed by atoms with Gasteiger partial charge in [0.25, 0.3) is 0 Å². The molecule has 1 aromatic heterocycles. The van der Waals surface area contributed by atoms with Crippen LogP contribution >= 0.6 is 11.6 Å². The fourth-order valence-electron chi connectivity index (χ4n) is 2.27. The summed E-state index contributed by atoms with van der Waals surface area (Å²) < 4.78 is 42.8. The maximum absolute atomic E-state index is 14.1. The highest BCUT2D eigenvalue weighted by Crippen LogP contribution is 2.30. The van der Waals surface area contributed by atoms with E-state index in [0.717, 1.165) is 12.1 Å². The Hall–Kier alpha value is -2.01. The molecule has 1 unspecified atom stereocenters. The normalized spacial score (nSPS) is 12.8. The molecule has 0 N–H and O–H groups in total. The fraction of sp³-hybridized carbons (Fsp3) is 0.133. The molecule has 1 atom stereocenters. The molecular formula is C15H10ClF3N2. The maximum Gasteiger partial charge on any atom is 0.150 e. The lowest BCUT2D eigenvalue weighted by Gasteiger charge is -2.12. The van der Waals surface area contributed by atoms with Gasteiger partial charge in [0.2, 0.25) is 0 Å². The molecule has 0 amide bonds. The van der Waals surface area contributed by atoms with Crippen LogP contribution in [0.3, 0.4) is 0 Å². The van der Waals surface area contributed by atoms with Crippen LogP contribution in [0.15, 0.2) is 36.4 Å². The van der Waals surface area contributed by atoms with Gasteiger partial charge in [-0.05, 0) is 31.2 Å². The van der Waals surface area contributed by atoms with Crippen LogP contribution in [0.5, 0.6) is 0 Å². The molecule has 2 aromatic carbocycles. The molecule has 3 rings (SSSR count). The zero-order chi connectivity index (χ0) is 15.1. The first kappa shape index (κ1) is 13.9. The Bertz CT molecular complexity index is 807. The van der Waals surface area contributed by atoms with Crippen LogP contribution in [0.4, 0.5) is 13.2 Å². The number of fused-ring (bicyclic) bond motifs is 1. The van der Waals surface area contributed by atoms with E-state index < -0.39 is 22.8 Å². The molecule has 2 nitrogen and oxygen atoms in total. The number of para-hydroxylation sites is 1. The number of rotatable bonds is 2.